The fourth-order valence-electron chi connectivity index (χ4n) is 2.95. The SMILES string of the molecule is COc1cc2[nH]ncc2cc1-c1ccc(F)c2c(N)c(C(N)=O)nnc12. The molecular weight excluding hydrogens is 339 g/mol. The van der Waals surface area contributed by atoms with Crippen molar-refractivity contribution in [2.24, 2.45) is 5.73 Å². The van der Waals surface area contributed by atoms with E-state index in [4.69, 9.17) is 16.2 Å². The Bertz CT molecular complexity index is 1190. The minimum absolute atomic E-state index is 0.0133. The van der Waals surface area contributed by atoms with E-state index < -0.39 is 11.7 Å². The Balaban J connectivity index is 2.08. The molecule has 0 saturated carbocycles. The van der Waals surface area contributed by atoms with Gasteiger partial charge in [0, 0.05) is 22.6 Å². The minimum Gasteiger partial charge on any atom is -0.496 e. The topological polar surface area (TPSA) is 133 Å². The molecule has 26 heavy (non-hydrogen) atoms. The van der Waals surface area contributed by atoms with Gasteiger partial charge < -0.3 is 16.2 Å². The molecule has 0 unspecified atom stereocenters. The van der Waals surface area contributed by atoms with Gasteiger partial charge in [0.05, 0.1) is 29.9 Å². The lowest BCUT2D eigenvalue weighted by Crippen LogP contribution is -2.17. The van der Waals surface area contributed by atoms with Gasteiger partial charge in [0.1, 0.15) is 17.1 Å². The van der Waals surface area contributed by atoms with Crippen molar-refractivity contribution >= 4 is 33.4 Å². The van der Waals surface area contributed by atoms with Crippen molar-refractivity contribution in [1.29, 1.82) is 0 Å². The van der Waals surface area contributed by atoms with Crippen LogP contribution in [0.25, 0.3) is 32.9 Å². The minimum atomic E-state index is -0.876. The Morgan fingerprint density at radius 1 is 1.23 bits per heavy atom. The molecule has 0 spiro atoms. The van der Waals surface area contributed by atoms with Gasteiger partial charge in [-0.25, -0.2) is 4.39 Å². The first-order valence-corrected chi connectivity index (χ1v) is 7.57. The van der Waals surface area contributed by atoms with Crippen LogP contribution in [0.15, 0.2) is 30.5 Å². The number of primary amides is 1. The number of H-pyrrole nitrogens is 1. The van der Waals surface area contributed by atoms with Crippen LogP contribution in [0.4, 0.5) is 10.1 Å². The summed E-state index contributed by atoms with van der Waals surface area (Å²) in [6, 6.07) is 6.42. The fraction of sp³-hybridized carbons (Fsp3) is 0.0588. The number of fused-ring (bicyclic) bond motifs is 2. The van der Waals surface area contributed by atoms with Gasteiger partial charge in [0.15, 0.2) is 5.69 Å². The van der Waals surface area contributed by atoms with E-state index >= 15 is 0 Å². The Morgan fingerprint density at radius 2 is 2.04 bits per heavy atom. The maximum absolute atomic E-state index is 14.4. The van der Waals surface area contributed by atoms with E-state index in [-0.39, 0.29) is 22.3 Å². The van der Waals surface area contributed by atoms with Gasteiger partial charge in [0.25, 0.3) is 5.91 Å². The van der Waals surface area contributed by atoms with E-state index in [0.29, 0.717) is 16.9 Å². The van der Waals surface area contributed by atoms with Crippen molar-refractivity contribution < 1.29 is 13.9 Å². The molecule has 0 aliphatic rings. The summed E-state index contributed by atoms with van der Waals surface area (Å²) < 4.78 is 19.9. The van der Waals surface area contributed by atoms with Crippen LogP contribution in [0.1, 0.15) is 10.5 Å². The summed E-state index contributed by atoms with van der Waals surface area (Å²) in [4.78, 5) is 11.4. The van der Waals surface area contributed by atoms with Crippen LogP contribution in [-0.2, 0) is 0 Å². The number of methoxy groups -OCH3 is 1. The second-order valence-electron chi connectivity index (χ2n) is 5.65. The van der Waals surface area contributed by atoms with Crippen molar-refractivity contribution in [3.8, 4) is 16.9 Å². The number of rotatable bonds is 3. The molecule has 0 fully saturated rings. The summed E-state index contributed by atoms with van der Waals surface area (Å²) in [5, 5.41) is 15.4. The summed E-state index contributed by atoms with van der Waals surface area (Å²) in [6.07, 6.45) is 1.66. The molecule has 2 aromatic heterocycles. The van der Waals surface area contributed by atoms with E-state index in [1.807, 2.05) is 6.07 Å². The van der Waals surface area contributed by atoms with Crippen LogP contribution in [0.5, 0.6) is 5.75 Å². The van der Waals surface area contributed by atoms with Gasteiger partial charge in [-0.15, -0.1) is 10.2 Å². The number of halogens is 1. The largest absolute Gasteiger partial charge is 0.496 e. The molecule has 5 N–H and O–H groups in total. The predicted octanol–water partition coefficient (Wildman–Crippen LogP) is 2.00. The number of anilines is 1. The van der Waals surface area contributed by atoms with Gasteiger partial charge in [-0.2, -0.15) is 5.10 Å². The standard InChI is InChI=1S/C17H13FN6O2/c1-26-12-5-11-7(6-21-22-11)4-9(12)8-2-3-10(18)13-14(19)16(17(20)25)24-23-15(8)13/h2-6H,1H3,(H2,19,23)(H2,20,25)(H,21,22). The molecule has 0 aliphatic heterocycles. The molecule has 0 aliphatic carbocycles. The van der Waals surface area contributed by atoms with Crippen LogP contribution in [0.3, 0.4) is 0 Å². The highest BCUT2D eigenvalue weighted by molar-refractivity contribution is 6.08. The number of hydrogen-bond acceptors (Lipinski definition) is 6. The number of nitrogens with zero attached hydrogens (tertiary/aromatic N) is 3. The van der Waals surface area contributed by atoms with Gasteiger partial charge in [-0.1, -0.05) is 0 Å². The first-order chi connectivity index (χ1) is 12.5. The Kier molecular flexibility index (Phi) is 3.43. The number of benzene rings is 2. The van der Waals surface area contributed by atoms with Crippen molar-refractivity contribution in [2.75, 3.05) is 12.8 Å². The van der Waals surface area contributed by atoms with E-state index in [1.165, 1.54) is 13.2 Å². The lowest BCUT2D eigenvalue weighted by Gasteiger charge is -2.13. The van der Waals surface area contributed by atoms with Crippen LogP contribution in [0, 0.1) is 5.82 Å². The first kappa shape index (κ1) is 15.8. The number of aromatic amines is 1. The average Bonchev–Trinajstić information content (AvgIpc) is 3.08. The number of nitrogens with two attached hydrogens (primary N) is 2. The molecule has 0 bridgehead atoms. The smallest absolute Gasteiger partial charge is 0.271 e. The van der Waals surface area contributed by atoms with E-state index in [9.17, 15) is 9.18 Å². The summed E-state index contributed by atoms with van der Waals surface area (Å²) >= 11 is 0. The molecule has 0 radical (unpaired) electrons. The number of carbonyl (C=O) groups excluding carboxylic acids is 1. The van der Waals surface area contributed by atoms with Crippen molar-refractivity contribution in [3.05, 3.63) is 42.0 Å². The highest BCUT2D eigenvalue weighted by Gasteiger charge is 2.20. The predicted molar refractivity (Wildman–Crippen MR) is 94.1 cm³/mol. The second kappa shape index (κ2) is 5.66. The molecule has 1 amide bonds. The zero-order valence-electron chi connectivity index (χ0n) is 13.6. The molecule has 9 heteroatoms. The molecule has 4 aromatic rings. The van der Waals surface area contributed by atoms with Gasteiger partial charge in [-0.05, 0) is 18.2 Å². The highest BCUT2D eigenvalue weighted by atomic mass is 19.1. The van der Waals surface area contributed by atoms with Crippen molar-refractivity contribution in [1.82, 2.24) is 20.4 Å². The lowest BCUT2D eigenvalue weighted by atomic mass is 9.98. The molecule has 2 heterocycles. The number of nitrogen functional groups attached to an aromatic ring is 1. The summed E-state index contributed by atoms with van der Waals surface area (Å²) in [5.74, 6) is -0.963. The lowest BCUT2D eigenvalue weighted by molar-refractivity contribution is 0.0996. The Labute approximate surface area is 146 Å². The fourth-order valence-corrected chi connectivity index (χ4v) is 2.95. The number of hydrogen-bond donors (Lipinski definition) is 3. The van der Waals surface area contributed by atoms with Crippen molar-refractivity contribution in [2.45, 2.75) is 0 Å². The van der Waals surface area contributed by atoms with E-state index in [2.05, 4.69) is 20.4 Å². The zero-order chi connectivity index (χ0) is 18.4. The summed E-state index contributed by atoms with van der Waals surface area (Å²) in [6.45, 7) is 0. The van der Waals surface area contributed by atoms with Gasteiger partial charge in [0.2, 0.25) is 0 Å². The number of aromatic nitrogens is 4. The Morgan fingerprint density at radius 3 is 2.77 bits per heavy atom. The van der Waals surface area contributed by atoms with Crippen LogP contribution in [-0.4, -0.2) is 33.4 Å². The summed E-state index contributed by atoms with van der Waals surface area (Å²) in [7, 11) is 1.53. The number of ether oxygens (including phenoxy) is 1. The van der Waals surface area contributed by atoms with Gasteiger partial charge >= 0.3 is 0 Å². The molecule has 4 rings (SSSR count). The van der Waals surface area contributed by atoms with Crippen LogP contribution >= 0.6 is 0 Å². The zero-order valence-corrected chi connectivity index (χ0v) is 13.6. The second-order valence-corrected chi connectivity index (χ2v) is 5.65. The van der Waals surface area contributed by atoms with Gasteiger partial charge in [-0.3, -0.25) is 9.89 Å². The molecular formula is C17H13FN6O2. The van der Waals surface area contributed by atoms with Crippen LogP contribution < -0.4 is 16.2 Å². The Hall–Kier alpha value is -3.75. The number of carbonyl (C=O) groups is 1. The average molecular weight is 352 g/mol. The third kappa shape index (κ3) is 2.21. The number of nitrogens with one attached hydrogen (secondary N) is 1. The molecule has 0 saturated heterocycles. The normalized spacial score (nSPS) is 11.2. The third-order valence-corrected chi connectivity index (χ3v) is 4.19. The quantitative estimate of drug-likeness (QED) is 0.516. The molecule has 8 nitrogen and oxygen atoms in total. The van der Waals surface area contributed by atoms with Crippen LogP contribution in [0.2, 0.25) is 0 Å². The molecule has 0 atom stereocenters. The number of amides is 1. The highest BCUT2D eigenvalue weighted by Crippen LogP contribution is 2.38. The molecule has 2 aromatic carbocycles. The monoisotopic (exact) mass is 352 g/mol. The third-order valence-electron chi connectivity index (χ3n) is 4.19. The molecule has 130 valence electrons. The first-order valence-electron chi connectivity index (χ1n) is 7.57. The van der Waals surface area contributed by atoms with Crippen molar-refractivity contribution in [3.63, 3.8) is 0 Å². The van der Waals surface area contributed by atoms with E-state index in [0.717, 1.165) is 10.9 Å². The maximum atomic E-state index is 14.4. The maximum Gasteiger partial charge on any atom is 0.271 e. The summed E-state index contributed by atoms with van der Waals surface area (Å²) in [5.41, 5.74) is 12.9. The van der Waals surface area contributed by atoms with E-state index in [1.54, 1.807) is 18.3 Å².